The van der Waals surface area contributed by atoms with E-state index in [9.17, 15) is 4.79 Å². The third-order valence-electron chi connectivity index (χ3n) is 1.92. The zero-order valence-corrected chi connectivity index (χ0v) is 12.6. The first-order valence-electron chi connectivity index (χ1n) is 4.32. The first-order valence-corrected chi connectivity index (χ1v) is 7.10. The number of halogens is 3. The molecule has 5 heteroatoms. The second kappa shape index (κ2) is 5.00. The third kappa shape index (κ3) is 2.74. The number of carbonyl (C=O) groups is 1. The Hall–Kier alpha value is -0.160. The summed E-state index contributed by atoms with van der Waals surface area (Å²) >= 11 is 14.0. The largest absolute Gasteiger partial charge is 0.288 e. The van der Waals surface area contributed by atoms with Gasteiger partial charge >= 0.3 is 0 Å². The lowest BCUT2D eigenvalue weighted by molar-refractivity contribution is 0.104. The molecule has 1 nitrogen and oxygen atoms in total. The molecule has 0 aliphatic heterocycles. The summed E-state index contributed by atoms with van der Waals surface area (Å²) in [5.74, 6) is -0.0149. The predicted molar refractivity (Wildman–Crippen MR) is 74.6 cm³/mol. The maximum absolute atomic E-state index is 12.1. The van der Waals surface area contributed by atoms with Crippen molar-refractivity contribution in [3.63, 3.8) is 0 Å². The summed E-state index contributed by atoms with van der Waals surface area (Å²) < 4.78 is 1.75. The predicted octanol–water partition coefficient (Wildman–Crippen LogP) is 5.16. The van der Waals surface area contributed by atoms with E-state index < -0.39 is 0 Å². The summed E-state index contributed by atoms with van der Waals surface area (Å²) in [6.07, 6.45) is 0. The first kappa shape index (κ1) is 12.3. The molecule has 0 N–H and O–H groups in total. The molecule has 16 heavy (non-hydrogen) atoms. The van der Waals surface area contributed by atoms with E-state index in [0.29, 0.717) is 15.5 Å². The summed E-state index contributed by atoms with van der Waals surface area (Å²) in [4.78, 5) is 12.8. The molecule has 1 aromatic carbocycles. The molecule has 0 spiro atoms. The molecule has 0 atom stereocenters. The van der Waals surface area contributed by atoms with E-state index in [-0.39, 0.29) is 5.78 Å². The van der Waals surface area contributed by atoms with Crippen molar-refractivity contribution in [1.29, 1.82) is 0 Å². The van der Waals surface area contributed by atoms with E-state index in [4.69, 9.17) is 11.6 Å². The van der Waals surface area contributed by atoms with Gasteiger partial charge in [0.05, 0.1) is 8.66 Å². The number of ketones is 1. The molecule has 0 bridgehead atoms. The molecule has 0 amide bonds. The number of carbonyl (C=O) groups excluding carboxylic acids is 1. The minimum Gasteiger partial charge on any atom is -0.288 e. The van der Waals surface area contributed by atoms with Gasteiger partial charge in [-0.15, -0.1) is 11.3 Å². The molecule has 2 rings (SSSR count). The van der Waals surface area contributed by atoms with Gasteiger partial charge in [0.15, 0.2) is 0 Å². The molecule has 82 valence electrons. The van der Waals surface area contributed by atoms with Crippen LogP contribution in [0.5, 0.6) is 0 Å². The Labute approximate surface area is 119 Å². The van der Waals surface area contributed by atoms with Crippen LogP contribution in [0.1, 0.15) is 15.2 Å². The number of hydrogen-bond acceptors (Lipinski definition) is 2. The fourth-order valence-electron chi connectivity index (χ4n) is 1.26. The highest BCUT2D eigenvalue weighted by Crippen LogP contribution is 2.26. The number of thiophene rings is 1. The SMILES string of the molecule is O=C(c1cc(Cl)cc(Br)c1)c1ccc(Br)s1. The third-order valence-corrected chi connectivity index (χ3v) is 4.22. The smallest absolute Gasteiger partial charge is 0.203 e. The molecular weight excluding hydrogens is 375 g/mol. The van der Waals surface area contributed by atoms with Crippen LogP contribution in [0.3, 0.4) is 0 Å². The van der Waals surface area contributed by atoms with Crippen LogP contribution in [-0.4, -0.2) is 5.78 Å². The Kier molecular flexibility index (Phi) is 3.85. The van der Waals surface area contributed by atoms with Gasteiger partial charge in [-0.25, -0.2) is 0 Å². The lowest BCUT2D eigenvalue weighted by atomic mass is 10.1. The quantitative estimate of drug-likeness (QED) is 0.658. The highest BCUT2D eigenvalue weighted by Gasteiger charge is 2.12. The zero-order valence-electron chi connectivity index (χ0n) is 7.84. The summed E-state index contributed by atoms with van der Waals surface area (Å²) in [6.45, 7) is 0. The van der Waals surface area contributed by atoms with Crippen LogP contribution in [0.25, 0.3) is 0 Å². The molecule has 0 aliphatic carbocycles. The van der Waals surface area contributed by atoms with E-state index in [2.05, 4.69) is 31.9 Å². The molecule has 1 heterocycles. The molecule has 0 fully saturated rings. The summed E-state index contributed by atoms with van der Waals surface area (Å²) in [5, 5.41) is 0.549. The van der Waals surface area contributed by atoms with Crippen LogP contribution in [0.2, 0.25) is 5.02 Å². The Morgan fingerprint density at radius 3 is 2.50 bits per heavy atom. The first-order chi connectivity index (χ1) is 7.56. The van der Waals surface area contributed by atoms with Crippen LogP contribution in [0, 0.1) is 0 Å². The lowest BCUT2D eigenvalue weighted by Crippen LogP contribution is -1.98. The number of benzene rings is 1. The summed E-state index contributed by atoms with van der Waals surface area (Å²) in [5.41, 5.74) is 0.591. The van der Waals surface area contributed by atoms with E-state index in [1.165, 1.54) is 11.3 Å². The fourth-order valence-corrected chi connectivity index (χ4v) is 3.47. The Morgan fingerprint density at radius 1 is 1.19 bits per heavy atom. The molecule has 0 saturated carbocycles. The highest BCUT2D eigenvalue weighted by atomic mass is 79.9. The van der Waals surface area contributed by atoms with Crippen molar-refractivity contribution in [3.8, 4) is 0 Å². The van der Waals surface area contributed by atoms with Crippen molar-refractivity contribution in [2.45, 2.75) is 0 Å². The molecule has 0 saturated heterocycles. The van der Waals surface area contributed by atoms with Gasteiger partial charge in [0.2, 0.25) is 5.78 Å². The second-order valence-electron chi connectivity index (χ2n) is 3.09. The molecule has 0 aliphatic rings. The lowest BCUT2D eigenvalue weighted by Gasteiger charge is -2.00. The standard InChI is InChI=1S/C11H5Br2ClOS/c12-7-3-6(4-8(14)5-7)11(15)9-1-2-10(13)16-9/h1-5H. The maximum Gasteiger partial charge on any atom is 0.203 e. The normalized spacial score (nSPS) is 10.4. The van der Waals surface area contributed by atoms with E-state index >= 15 is 0 Å². The van der Waals surface area contributed by atoms with Crippen molar-refractivity contribution in [2.75, 3.05) is 0 Å². The van der Waals surface area contributed by atoms with Crippen molar-refractivity contribution >= 4 is 60.6 Å². The Morgan fingerprint density at radius 2 is 1.94 bits per heavy atom. The summed E-state index contributed by atoms with van der Waals surface area (Å²) in [7, 11) is 0. The molecule has 0 unspecified atom stereocenters. The van der Waals surface area contributed by atoms with Gasteiger partial charge in [-0.2, -0.15) is 0 Å². The van der Waals surface area contributed by atoms with Crippen molar-refractivity contribution in [2.24, 2.45) is 0 Å². The van der Waals surface area contributed by atoms with Crippen LogP contribution in [0.15, 0.2) is 38.6 Å². The molecular formula is C11H5Br2ClOS. The van der Waals surface area contributed by atoms with Crippen LogP contribution >= 0.6 is 54.8 Å². The van der Waals surface area contributed by atoms with E-state index in [1.54, 1.807) is 24.3 Å². The summed E-state index contributed by atoms with van der Waals surface area (Å²) in [6, 6.07) is 8.84. The average molecular weight is 380 g/mol. The van der Waals surface area contributed by atoms with E-state index in [0.717, 1.165) is 8.26 Å². The van der Waals surface area contributed by atoms with Crippen LogP contribution in [-0.2, 0) is 0 Å². The molecule has 1 aromatic heterocycles. The average Bonchev–Trinajstić information content (AvgIpc) is 2.62. The van der Waals surface area contributed by atoms with Crippen LogP contribution in [0.4, 0.5) is 0 Å². The second-order valence-corrected chi connectivity index (χ2v) is 6.91. The van der Waals surface area contributed by atoms with Crippen LogP contribution < -0.4 is 0 Å². The van der Waals surface area contributed by atoms with Crippen molar-refractivity contribution in [3.05, 3.63) is 54.1 Å². The minimum absolute atomic E-state index is 0.0149. The van der Waals surface area contributed by atoms with Gasteiger partial charge in [-0.05, 0) is 46.3 Å². The zero-order chi connectivity index (χ0) is 11.7. The van der Waals surface area contributed by atoms with Crippen molar-refractivity contribution in [1.82, 2.24) is 0 Å². The molecule has 2 aromatic rings. The topological polar surface area (TPSA) is 17.1 Å². The number of hydrogen-bond donors (Lipinski definition) is 0. The minimum atomic E-state index is -0.0149. The van der Waals surface area contributed by atoms with Gasteiger partial charge in [-0.3, -0.25) is 4.79 Å². The molecule has 0 radical (unpaired) electrons. The highest BCUT2D eigenvalue weighted by molar-refractivity contribution is 9.11. The van der Waals surface area contributed by atoms with E-state index in [1.807, 2.05) is 6.07 Å². The van der Waals surface area contributed by atoms with Gasteiger partial charge in [0, 0.05) is 15.1 Å². The van der Waals surface area contributed by atoms with Gasteiger partial charge in [-0.1, -0.05) is 27.5 Å². The maximum atomic E-state index is 12.1. The Bertz CT molecular complexity index is 530. The fraction of sp³-hybridized carbons (Fsp3) is 0. The number of rotatable bonds is 2. The monoisotopic (exact) mass is 378 g/mol. The Balaban J connectivity index is 2.41. The van der Waals surface area contributed by atoms with Gasteiger partial charge < -0.3 is 0 Å². The van der Waals surface area contributed by atoms with Gasteiger partial charge in [0.25, 0.3) is 0 Å². The van der Waals surface area contributed by atoms with Gasteiger partial charge in [0.1, 0.15) is 0 Å². The van der Waals surface area contributed by atoms with Crippen molar-refractivity contribution < 1.29 is 4.79 Å².